The van der Waals surface area contributed by atoms with Gasteiger partial charge in [0.05, 0.1) is 10.8 Å². The van der Waals surface area contributed by atoms with Crippen molar-refractivity contribution in [3.63, 3.8) is 0 Å². The number of phenols is 1. The van der Waals surface area contributed by atoms with Crippen LogP contribution in [0.15, 0.2) is 94.8 Å². The van der Waals surface area contributed by atoms with Crippen molar-refractivity contribution in [2.45, 2.75) is 98.3 Å². The van der Waals surface area contributed by atoms with Gasteiger partial charge in [0.15, 0.2) is 0 Å². The predicted octanol–water partition coefficient (Wildman–Crippen LogP) is 5.88. The molecule has 0 unspecified atom stereocenters. The van der Waals surface area contributed by atoms with Crippen molar-refractivity contribution in [1.29, 1.82) is 0 Å². The van der Waals surface area contributed by atoms with E-state index in [1.165, 1.54) is 32.3 Å². The van der Waals surface area contributed by atoms with Gasteiger partial charge < -0.3 is 41.0 Å². The number of carboxylic acids is 1. The van der Waals surface area contributed by atoms with E-state index < -0.39 is 39.5 Å². The van der Waals surface area contributed by atoms with Crippen LogP contribution in [0.2, 0.25) is 0 Å². The number of rotatable bonds is 6. The molecule has 0 fully saturated rings. The van der Waals surface area contributed by atoms with E-state index in [-0.39, 0.29) is 71.0 Å². The van der Waals surface area contributed by atoms with Crippen molar-refractivity contribution in [3.8, 4) is 11.5 Å². The number of carbonyl (C=O) groups excluding carboxylic acids is 3. The zero-order valence-electron chi connectivity index (χ0n) is 37.3. The molecule has 0 aliphatic carbocycles. The van der Waals surface area contributed by atoms with E-state index in [1.807, 2.05) is 67.5 Å². The van der Waals surface area contributed by atoms with E-state index >= 15 is 0 Å². The number of H-pyrrole nitrogens is 2. The first-order valence-electron chi connectivity index (χ1n) is 19.7. The third-order valence-corrected chi connectivity index (χ3v) is 11.0. The van der Waals surface area contributed by atoms with Crippen molar-refractivity contribution in [1.82, 2.24) is 9.97 Å². The Morgan fingerprint density at radius 3 is 1.52 bits per heavy atom. The Morgan fingerprint density at radius 1 is 0.656 bits per heavy atom. The van der Waals surface area contributed by atoms with Crippen molar-refractivity contribution in [2.24, 2.45) is 0 Å². The molecule has 4 aromatic carbocycles. The molecule has 6 aromatic rings. The smallest absolute Gasteiger partial charge is 0.870 e. The molecule has 1 aliphatic heterocycles. The number of ether oxygens (including phenoxy) is 1. The maximum absolute atomic E-state index is 13.0. The molecule has 64 heavy (non-hydrogen) atoms. The number of aromatic hydroxyl groups is 1. The molecule has 0 bridgehead atoms. The van der Waals surface area contributed by atoms with Crippen molar-refractivity contribution < 1.29 is 58.5 Å². The van der Waals surface area contributed by atoms with Gasteiger partial charge in [0.25, 0.3) is 11.8 Å². The number of carboxylic acid groups (broad SMARTS) is 1. The third-order valence-electron chi connectivity index (χ3n) is 11.0. The largest absolute Gasteiger partial charge is 1.00 e. The molecule has 14 nitrogen and oxygen atoms in total. The maximum Gasteiger partial charge on any atom is 1.00 e. The second-order valence-electron chi connectivity index (χ2n) is 18.3. The van der Waals surface area contributed by atoms with E-state index in [4.69, 9.17) is 4.74 Å². The summed E-state index contributed by atoms with van der Waals surface area (Å²) in [6, 6.07) is 20.5. The Hall–Kier alpha value is -6.46. The minimum absolute atomic E-state index is 0. The molecule has 0 saturated carbocycles. The summed E-state index contributed by atoms with van der Waals surface area (Å²) in [5.41, 5.74) is 0.989. The summed E-state index contributed by atoms with van der Waals surface area (Å²) < 4.78 is 5.44. The molecule has 2 aromatic heterocycles. The Balaban J connectivity index is 0.000000325. The van der Waals surface area contributed by atoms with E-state index in [0.717, 1.165) is 11.1 Å². The quantitative estimate of drug-likeness (QED) is 0.0660. The SMILES string of the molecule is C.CC(C)(C)c1cc(C(C)(C)C(=O)O)c(O)cc1NC(=O)c1c[nH]c2ccccc2c1=O.CC(C)(C)c1cc2c(cc1NC(=O)c1c[nH]c3ccccc3c1=O)OC(=O)C2(C)C.[Li+].[OH-]. The number of para-hydroxylation sites is 2. The molecule has 2 amide bonds. The van der Waals surface area contributed by atoms with Gasteiger partial charge in [-0.1, -0.05) is 73.2 Å². The molecule has 0 radical (unpaired) electrons. The van der Waals surface area contributed by atoms with Gasteiger partial charge in [-0.05, 0) is 86.1 Å². The average Bonchev–Trinajstić information content (AvgIpc) is 3.39. The Morgan fingerprint density at radius 2 is 1.08 bits per heavy atom. The minimum atomic E-state index is -1.33. The second kappa shape index (κ2) is 18.7. The number of benzene rings is 4. The molecule has 332 valence electrons. The number of amides is 2. The summed E-state index contributed by atoms with van der Waals surface area (Å²) >= 11 is 0. The number of aromatic amines is 2. The van der Waals surface area contributed by atoms with E-state index in [2.05, 4.69) is 20.6 Å². The van der Waals surface area contributed by atoms with Crippen molar-refractivity contribution in [3.05, 3.63) is 139 Å². The fourth-order valence-electron chi connectivity index (χ4n) is 7.19. The van der Waals surface area contributed by atoms with Gasteiger partial charge in [0.2, 0.25) is 10.9 Å². The number of hydrogen-bond donors (Lipinski definition) is 6. The van der Waals surface area contributed by atoms with Gasteiger partial charge in [-0.15, -0.1) is 0 Å². The summed E-state index contributed by atoms with van der Waals surface area (Å²) in [6.07, 6.45) is 2.78. The number of aromatic nitrogens is 2. The first-order chi connectivity index (χ1) is 28.3. The number of nitrogens with one attached hydrogen (secondary N) is 4. The summed E-state index contributed by atoms with van der Waals surface area (Å²) in [4.78, 5) is 81.5. The summed E-state index contributed by atoms with van der Waals surface area (Å²) in [5, 5.41) is 26.6. The second-order valence-corrected chi connectivity index (χ2v) is 18.3. The van der Waals surface area contributed by atoms with Gasteiger partial charge in [0, 0.05) is 68.8 Å². The predicted molar refractivity (Wildman–Crippen MR) is 245 cm³/mol. The zero-order chi connectivity index (χ0) is 45.0. The van der Waals surface area contributed by atoms with Gasteiger partial charge in [-0.3, -0.25) is 28.8 Å². The fraction of sp³-hybridized carbons (Fsp3) is 0.306. The number of pyridine rings is 2. The molecule has 0 saturated heterocycles. The van der Waals surface area contributed by atoms with Crippen LogP contribution in [-0.4, -0.2) is 49.4 Å². The van der Waals surface area contributed by atoms with Crippen LogP contribution in [0.25, 0.3) is 21.8 Å². The van der Waals surface area contributed by atoms with Crippen LogP contribution in [0.3, 0.4) is 0 Å². The van der Waals surface area contributed by atoms with Crippen molar-refractivity contribution >= 4 is 56.9 Å². The molecule has 7 N–H and O–H groups in total. The standard InChI is InChI=1S/C24H26N2O5.C24H24N2O4.CH4.Li.H2O/c1-23(2,3)15-10-16(24(4,5)22(30)31)19(27)11-18(15)26-21(29)14-12-25-17-9-7-6-8-13(17)20(14)28;1-23(2,3)15-10-16-19(30-22(29)24(16,4)5)11-18(15)26-21(28)14-12-25-17-9-7-6-8-13(17)20(14)27;;;/h6-12,27H,1-5H3,(H,25,28)(H,26,29)(H,30,31);6-12H,1-5H3,(H,25,27)(H,26,28);1H4;;1H2/q;;;+1;/p-1. The Labute approximate surface area is 383 Å². The number of aliphatic carboxylic acids is 1. The maximum atomic E-state index is 13.0. The van der Waals surface area contributed by atoms with Gasteiger partial charge in [-0.25, -0.2) is 0 Å². The monoisotopic (exact) mass is 866 g/mol. The first kappa shape index (κ1) is 51.9. The minimum Gasteiger partial charge on any atom is -0.870 e. The number of anilines is 2. The average molecular weight is 867 g/mol. The van der Waals surface area contributed by atoms with E-state index in [1.54, 1.807) is 54.6 Å². The number of phenolic OH excluding ortho intramolecular Hbond substituents is 1. The van der Waals surface area contributed by atoms with E-state index in [9.17, 15) is 39.0 Å². The number of hydrogen-bond acceptors (Lipinski definition) is 9. The van der Waals surface area contributed by atoms with Crippen LogP contribution in [0, 0.1) is 0 Å². The molecule has 0 spiro atoms. The molecular formula is C49H55LiN4O10. The molecule has 7 rings (SSSR count). The molecule has 3 heterocycles. The number of esters is 1. The van der Waals surface area contributed by atoms with Crippen LogP contribution < -0.4 is 45.1 Å². The summed E-state index contributed by atoms with van der Waals surface area (Å²) in [6.45, 7) is 18.5. The van der Waals surface area contributed by atoms with Crippen LogP contribution in [0.5, 0.6) is 11.5 Å². The summed E-state index contributed by atoms with van der Waals surface area (Å²) in [5.74, 6) is -2.36. The van der Waals surface area contributed by atoms with Crippen molar-refractivity contribution in [2.75, 3.05) is 10.6 Å². The topological polar surface area (TPSA) is 238 Å². The number of carbonyl (C=O) groups is 4. The Bertz CT molecular complexity index is 2920. The molecule has 0 atom stereocenters. The molecule has 15 heteroatoms. The van der Waals surface area contributed by atoms with Gasteiger partial charge in [-0.2, -0.15) is 0 Å². The normalized spacial score (nSPS) is 12.9. The van der Waals surface area contributed by atoms with Crippen LogP contribution in [-0.2, 0) is 31.2 Å². The third kappa shape index (κ3) is 9.84. The van der Waals surface area contributed by atoms with Gasteiger partial charge in [0.1, 0.15) is 22.6 Å². The van der Waals surface area contributed by atoms with Gasteiger partial charge >= 0.3 is 30.8 Å². The number of fused-ring (bicyclic) bond motifs is 3. The Kier molecular flexibility index (Phi) is 15.2. The zero-order valence-corrected chi connectivity index (χ0v) is 37.3. The fourth-order valence-corrected chi connectivity index (χ4v) is 7.19. The first-order valence-corrected chi connectivity index (χ1v) is 19.7. The van der Waals surface area contributed by atoms with Crippen LogP contribution >= 0.6 is 0 Å². The van der Waals surface area contributed by atoms with Crippen LogP contribution in [0.4, 0.5) is 11.4 Å². The summed E-state index contributed by atoms with van der Waals surface area (Å²) in [7, 11) is 0. The molecular weight excluding hydrogens is 811 g/mol. The van der Waals surface area contributed by atoms with Crippen LogP contribution in [0.1, 0.15) is 120 Å². The molecule has 1 aliphatic rings. The van der Waals surface area contributed by atoms with E-state index in [0.29, 0.717) is 44.5 Å².